The van der Waals surface area contributed by atoms with Crippen LogP contribution in [0.15, 0.2) is 0 Å². The standard InChI is InChI=1S/2ClO.3H2O.O.Zr/c2*1-2;;;;;/h;;3*1H2;;/q2*-1;;;;;+2. The van der Waals surface area contributed by atoms with E-state index in [1.807, 2.05) is 0 Å². The van der Waals surface area contributed by atoms with Gasteiger partial charge in [-0.2, -0.15) is 0 Å². The molecule has 0 aromatic rings. The van der Waals surface area contributed by atoms with Gasteiger partial charge in [0.15, 0.2) is 0 Å². The Labute approximate surface area is 76.9 Å². The molecule has 0 radical (unpaired) electrons. The summed E-state index contributed by atoms with van der Waals surface area (Å²) in [5.41, 5.74) is 0. The monoisotopic (exact) mass is 262 g/mol. The van der Waals surface area contributed by atoms with Crippen molar-refractivity contribution in [3.63, 3.8) is 0 Å². The molecule has 0 bridgehead atoms. The maximum absolute atomic E-state index is 8.34. The van der Waals surface area contributed by atoms with E-state index in [-0.39, 0.29) is 16.4 Å². The zero-order chi connectivity index (χ0) is 6.00. The molecule has 0 saturated carbocycles. The van der Waals surface area contributed by atoms with E-state index < -0.39 is 0 Å². The van der Waals surface area contributed by atoms with Crippen LogP contribution in [0.25, 0.3) is 0 Å². The predicted octanol–water partition coefficient (Wildman–Crippen LogP) is -3.59. The average molecular weight is 264 g/mol. The molecule has 0 aliphatic rings. The van der Waals surface area contributed by atoms with Crippen molar-refractivity contribution in [3.05, 3.63) is 0 Å². The molecule has 6 N–H and O–H groups in total. The first-order chi connectivity index (χ1) is 3.00. The number of hydrogen-bond donors (Lipinski definition) is 0. The molecule has 0 heterocycles. The summed E-state index contributed by atoms with van der Waals surface area (Å²) in [6, 6.07) is 0. The Bertz CT molecular complexity index is 11.0. The van der Waals surface area contributed by atoms with Gasteiger partial charge in [-0.3, -0.25) is 0 Å². The Hall–Kier alpha value is 1.06. The molecule has 0 atom stereocenters. The van der Waals surface area contributed by atoms with Gasteiger partial charge in [-0.1, -0.05) is 0 Å². The topological polar surface area (TPSA) is 158 Å². The van der Waals surface area contributed by atoms with Crippen molar-refractivity contribution in [2.45, 2.75) is 0 Å². The molecule has 0 saturated heterocycles. The van der Waals surface area contributed by atoms with E-state index in [0.29, 0.717) is 24.7 Å². The van der Waals surface area contributed by atoms with Gasteiger partial charge >= 0.3 is 27.5 Å². The van der Waals surface area contributed by atoms with E-state index >= 15 is 0 Å². The Morgan fingerprint density at radius 3 is 0.778 bits per heavy atom. The van der Waals surface area contributed by atoms with Gasteiger partial charge in [0.2, 0.25) is 0 Å². The molecular formula is H6Cl2O6Zr. The molecule has 0 unspecified atom stereocenters. The first-order valence-electron chi connectivity index (χ1n) is 0.513. The van der Waals surface area contributed by atoms with E-state index in [1.165, 1.54) is 0 Å². The van der Waals surface area contributed by atoms with Crippen molar-refractivity contribution < 1.29 is 53.3 Å². The SMILES string of the molecule is O.O.O.[O-]Cl.[O-]Cl.[O]=[Zr+2]. The van der Waals surface area contributed by atoms with Crippen LogP contribution in [-0.2, 0) is 27.5 Å². The van der Waals surface area contributed by atoms with Crippen LogP contribution in [-0.4, -0.2) is 16.4 Å². The van der Waals surface area contributed by atoms with Crippen LogP contribution in [0.3, 0.4) is 0 Å². The Balaban J connectivity index is -0.00000000321. The van der Waals surface area contributed by atoms with Crippen LogP contribution in [0.4, 0.5) is 0 Å². The van der Waals surface area contributed by atoms with E-state index in [4.69, 9.17) is 12.1 Å². The minimum absolute atomic E-state index is 0. The van der Waals surface area contributed by atoms with Crippen LogP contribution in [0.5, 0.6) is 0 Å². The molecule has 0 aromatic carbocycles. The van der Waals surface area contributed by atoms with Gasteiger partial charge in [-0.15, -0.1) is 0 Å². The zero-order valence-corrected chi connectivity index (χ0v) is 7.95. The van der Waals surface area contributed by atoms with Gasteiger partial charge < -0.3 is 25.7 Å². The molecule has 0 aliphatic carbocycles. The van der Waals surface area contributed by atoms with Crippen molar-refractivity contribution in [2.75, 3.05) is 0 Å². The van der Waals surface area contributed by atoms with Gasteiger partial charge in [0, 0.05) is 0 Å². The van der Waals surface area contributed by atoms with Gasteiger partial charge in [-0.25, -0.2) is 23.7 Å². The summed E-state index contributed by atoms with van der Waals surface area (Å²) < 4.78 is 23.8. The second-order valence-electron chi connectivity index (χ2n) is 0. The van der Waals surface area contributed by atoms with Crippen molar-refractivity contribution in [1.82, 2.24) is 0 Å². The van der Waals surface area contributed by atoms with Gasteiger partial charge in [0.05, 0.1) is 0 Å². The van der Waals surface area contributed by atoms with Crippen LogP contribution >= 0.6 is 23.7 Å². The van der Waals surface area contributed by atoms with E-state index in [0.717, 1.165) is 0 Å². The summed E-state index contributed by atoms with van der Waals surface area (Å²) in [6.07, 6.45) is 0. The molecule has 0 fully saturated rings. The first-order valence-corrected chi connectivity index (χ1v) is 2.13. The average Bonchev–Trinajstić information content (AvgIpc) is 1.81. The summed E-state index contributed by atoms with van der Waals surface area (Å²) >= 11 is 7.08. The van der Waals surface area contributed by atoms with Crippen molar-refractivity contribution in [1.29, 1.82) is 0 Å². The fourth-order valence-electron chi connectivity index (χ4n) is 0. The van der Waals surface area contributed by atoms with Crippen molar-refractivity contribution >= 4 is 23.7 Å². The fourth-order valence-corrected chi connectivity index (χ4v) is 0. The molecule has 60 valence electrons. The molecule has 0 aliphatic heterocycles. The summed E-state index contributed by atoms with van der Waals surface area (Å²) in [7, 11) is 0. The molecular weight excluding hydrogens is 258 g/mol. The second kappa shape index (κ2) is 521. The number of hydrogen-bond acceptors (Lipinski definition) is 3. The first kappa shape index (κ1) is 50.1. The minimum atomic E-state index is 0. The molecule has 0 spiro atoms. The summed E-state index contributed by atoms with van der Waals surface area (Å²) in [5, 5.41) is 0. The third kappa shape index (κ3) is 400. The summed E-state index contributed by atoms with van der Waals surface area (Å²) in [5.74, 6) is 0. The second-order valence-corrected chi connectivity index (χ2v) is 0. The molecule has 0 aromatic heterocycles. The molecule has 9 heteroatoms. The van der Waals surface area contributed by atoms with Gasteiger partial charge in [-0.05, 0) is 0 Å². The van der Waals surface area contributed by atoms with Crippen LogP contribution < -0.4 is 9.32 Å². The molecule has 0 amide bonds. The number of halogens is 2. The predicted molar refractivity (Wildman–Crippen MR) is 23.2 cm³/mol. The Kier molecular flexibility index (Phi) is 2900. The van der Waals surface area contributed by atoms with Gasteiger partial charge in [0.25, 0.3) is 0 Å². The Morgan fingerprint density at radius 2 is 0.778 bits per heavy atom. The zero-order valence-electron chi connectivity index (χ0n) is 3.98. The summed E-state index contributed by atoms with van der Waals surface area (Å²) in [4.78, 5) is 0. The molecule has 9 heavy (non-hydrogen) atoms. The van der Waals surface area contributed by atoms with Crippen molar-refractivity contribution in [3.8, 4) is 0 Å². The third-order valence-electron chi connectivity index (χ3n) is 0. The van der Waals surface area contributed by atoms with Crippen LogP contribution in [0, 0.1) is 0 Å². The van der Waals surface area contributed by atoms with Crippen molar-refractivity contribution in [2.24, 2.45) is 0 Å². The molecule has 6 nitrogen and oxygen atoms in total. The quantitative estimate of drug-likeness (QED) is 0.443. The summed E-state index contributed by atoms with van der Waals surface area (Å²) in [6.45, 7) is 0. The Morgan fingerprint density at radius 1 is 0.778 bits per heavy atom. The fraction of sp³-hybridized carbons (Fsp3) is 0. The third-order valence-corrected chi connectivity index (χ3v) is 0. The van der Waals surface area contributed by atoms with Crippen LogP contribution in [0.2, 0.25) is 0 Å². The van der Waals surface area contributed by atoms with Crippen LogP contribution in [0.1, 0.15) is 0 Å². The van der Waals surface area contributed by atoms with Gasteiger partial charge in [0.1, 0.15) is 0 Å². The maximum atomic E-state index is 8.34. The normalized spacial score (nSPS) is 2.00. The molecule has 0 rings (SSSR count). The van der Waals surface area contributed by atoms with E-state index in [9.17, 15) is 0 Å². The number of rotatable bonds is 0. The van der Waals surface area contributed by atoms with E-state index in [1.54, 1.807) is 0 Å². The van der Waals surface area contributed by atoms with E-state index in [2.05, 4.69) is 23.7 Å².